The molecule has 5 nitrogen and oxygen atoms in total. The monoisotopic (exact) mass is 391 g/mol. The van der Waals surface area contributed by atoms with Crippen LogP contribution in [0.2, 0.25) is 5.02 Å². The lowest BCUT2D eigenvalue weighted by molar-refractivity contribution is -0.139. The normalized spacial score (nSPS) is 36.4. The Bertz CT molecular complexity index is 752. The molecule has 0 bridgehead atoms. The molecule has 27 heavy (non-hydrogen) atoms. The number of imide groups is 1. The van der Waals surface area contributed by atoms with Crippen LogP contribution in [0.15, 0.2) is 24.3 Å². The van der Waals surface area contributed by atoms with E-state index in [2.05, 4.69) is 45.3 Å². The number of benzene rings is 1. The number of hydrogen-bond donors (Lipinski definition) is 2. The van der Waals surface area contributed by atoms with Crippen LogP contribution in [0, 0.1) is 5.92 Å². The first kappa shape index (κ1) is 20.2. The Hall–Kier alpha value is -1.59. The van der Waals surface area contributed by atoms with Gasteiger partial charge in [0.25, 0.3) is 5.91 Å². The van der Waals surface area contributed by atoms with Crippen LogP contribution in [0.4, 0.5) is 4.79 Å². The number of halogens is 1. The first-order chi connectivity index (χ1) is 12.6. The van der Waals surface area contributed by atoms with Gasteiger partial charge in [-0.25, -0.2) is 4.79 Å². The number of carbonyl (C=O) groups excluding carboxylic acids is 2. The molecule has 1 spiro atoms. The minimum absolute atomic E-state index is 0.0266. The van der Waals surface area contributed by atoms with Gasteiger partial charge in [-0.2, -0.15) is 0 Å². The second-order valence-corrected chi connectivity index (χ2v) is 9.06. The molecule has 2 heterocycles. The van der Waals surface area contributed by atoms with Gasteiger partial charge in [0.1, 0.15) is 5.54 Å². The van der Waals surface area contributed by atoms with E-state index in [0.29, 0.717) is 11.4 Å². The zero-order chi connectivity index (χ0) is 20.0. The summed E-state index contributed by atoms with van der Waals surface area (Å²) >= 11 is 5.95. The lowest BCUT2D eigenvalue weighted by Crippen LogP contribution is -2.74. The smallest absolute Gasteiger partial charge is 0.323 e. The number of amides is 3. The Morgan fingerprint density at radius 1 is 1.15 bits per heavy atom. The molecule has 2 aliphatic rings. The minimum Gasteiger partial charge on any atom is -0.323 e. The Kier molecular flexibility index (Phi) is 5.06. The topological polar surface area (TPSA) is 61.4 Å². The van der Waals surface area contributed by atoms with Crippen molar-refractivity contribution in [1.82, 2.24) is 15.5 Å². The largest absolute Gasteiger partial charge is 0.325 e. The highest BCUT2D eigenvalue weighted by Gasteiger charge is 2.63. The van der Waals surface area contributed by atoms with Crippen LogP contribution < -0.4 is 10.6 Å². The molecule has 0 radical (unpaired) electrons. The summed E-state index contributed by atoms with van der Waals surface area (Å²) in [4.78, 5) is 27.8. The Morgan fingerprint density at radius 3 is 2.33 bits per heavy atom. The molecule has 1 aromatic carbocycles. The molecular formula is C21H30ClN3O2. The van der Waals surface area contributed by atoms with Gasteiger partial charge in [0.2, 0.25) is 0 Å². The van der Waals surface area contributed by atoms with Gasteiger partial charge in [0.15, 0.2) is 0 Å². The molecule has 2 saturated heterocycles. The average Bonchev–Trinajstić information content (AvgIpc) is 2.86. The number of hydrogen-bond acceptors (Lipinski definition) is 3. The summed E-state index contributed by atoms with van der Waals surface area (Å²) in [5.74, 6) is -0.142. The summed E-state index contributed by atoms with van der Waals surface area (Å²) in [5, 5.41) is 7.51. The van der Waals surface area contributed by atoms with Gasteiger partial charge >= 0.3 is 6.03 Å². The molecule has 0 saturated carbocycles. The van der Waals surface area contributed by atoms with Crippen LogP contribution in [0.3, 0.4) is 0 Å². The molecule has 4 unspecified atom stereocenters. The van der Waals surface area contributed by atoms with Crippen molar-refractivity contribution < 1.29 is 9.59 Å². The molecule has 4 atom stereocenters. The van der Waals surface area contributed by atoms with Gasteiger partial charge < -0.3 is 10.6 Å². The maximum Gasteiger partial charge on any atom is 0.325 e. The number of nitrogens with one attached hydrogen (secondary N) is 2. The Labute approximate surface area is 166 Å². The number of rotatable bonds is 4. The average molecular weight is 392 g/mol. The zero-order valence-electron chi connectivity index (χ0n) is 16.9. The highest BCUT2D eigenvalue weighted by molar-refractivity contribution is 6.30. The van der Waals surface area contributed by atoms with Crippen molar-refractivity contribution in [3.05, 3.63) is 34.9 Å². The van der Waals surface area contributed by atoms with Gasteiger partial charge in [-0.05, 0) is 50.8 Å². The van der Waals surface area contributed by atoms with Crippen LogP contribution in [0.5, 0.6) is 0 Å². The maximum atomic E-state index is 13.6. The molecule has 2 fully saturated rings. The van der Waals surface area contributed by atoms with Crippen molar-refractivity contribution in [2.75, 3.05) is 0 Å². The van der Waals surface area contributed by atoms with E-state index in [0.717, 1.165) is 18.4 Å². The standard InChI is InChI=1S/C21H30ClN3O2/c1-6-19(4)13-21(14(3)20(5,7-2)24-19)17(26)25(18(27)23-21)12-15-8-10-16(22)11-9-15/h8-11,14,24H,6-7,12-13H2,1-5H3,(H,23,27). The molecule has 1 aromatic rings. The summed E-state index contributed by atoms with van der Waals surface area (Å²) in [7, 11) is 0. The van der Waals surface area contributed by atoms with Crippen LogP contribution in [-0.2, 0) is 11.3 Å². The van der Waals surface area contributed by atoms with Crippen molar-refractivity contribution in [2.45, 2.75) is 77.0 Å². The fourth-order valence-electron chi connectivity index (χ4n) is 4.74. The number of nitrogens with zero attached hydrogens (tertiary/aromatic N) is 1. The third-order valence-electron chi connectivity index (χ3n) is 6.92. The lowest BCUT2D eigenvalue weighted by Gasteiger charge is -2.56. The number of piperidine rings is 1. The third-order valence-corrected chi connectivity index (χ3v) is 7.17. The van der Waals surface area contributed by atoms with Crippen molar-refractivity contribution in [1.29, 1.82) is 0 Å². The predicted octanol–water partition coefficient (Wildman–Crippen LogP) is 4.10. The first-order valence-electron chi connectivity index (χ1n) is 9.77. The predicted molar refractivity (Wildman–Crippen MR) is 108 cm³/mol. The molecule has 148 valence electrons. The van der Waals surface area contributed by atoms with Gasteiger partial charge in [-0.3, -0.25) is 9.69 Å². The fraction of sp³-hybridized carbons (Fsp3) is 0.619. The molecule has 3 rings (SSSR count). The van der Waals surface area contributed by atoms with E-state index in [4.69, 9.17) is 11.6 Å². The highest BCUT2D eigenvalue weighted by atomic mass is 35.5. The van der Waals surface area contributed by atoms with E-state index in [9.17, 15) is 9.59 Å². The second-order valence-electron chi connectivity index (χ2n) is 8.63. The second kappa shape index (κ2) is 6.78. The maximum absolute atomic E-state index is 13.6. The molecule has 2 aliphatic heterocycles. The summed E-state index contributed by atoms with van der Waals surface area (Å²) < 4.78 is 0. The molecule has 6 heteroatoms. The zero-order valence-corrected chi connectivity index (χ0v) is 17.6. The number of carbonyl (C=O) groups is 2. The van der Waals surface area contributed by atoms with Crippen molar-refractivity contribution in [3.8, 4) is 0 Å². The third kappa shape index (κ3) is 3.25. The van der Waals surface area contributed by atoms with Gasteiger partial charge in [-0.15, -0.1) is 0 Å². The van der Waals surface area contributed by atoms with Crippen LogP contribution >= 0.6 is 11.6 Å². The van der Waals surface area contributed by atoms with Gasteiger partial charge in [0.05, 0.1) is 6.54 Å². The SMILES string of the molecule is CCC1(C)CC2(NC(=O)N(Cc3ccc(Cl)cc3)C2=O)C(C)C(C)(CC)N1. The van der Waals surface area contributed by atoms with Crippen LogP contribution in [0.25, 0.3) is 0 Å². The summed E-state index contributed by atoms with van der Waals surface area (Å²) in [6, 6.07) is 6.96. The van der Waals surface area contributed by atoms with Crippen molar-refractivity contribution in [2.24, 2.45) is 5.92 Å². The van der Waals surface area contributed by atoms with Crippen molar-refractivity contribution in [3.63, 3.8) is 0 Å². The summed E-state index contributed by atoms with van der Waals surface area (Å²) in [6.45, 7) is 10.9. The van der Waals surface area contributed by atoms with Gasteiger partial charge in [0, 0.05) is 22.0 Å². The van der Waals surface area contributed by atoms with E-state index in [1.165, 1.54) is 4.90 Å². The Morgan fingerprint density at radius 2 is 1.78 bits per heavy atom. The van der Waals surface area contributed by atoms with E-state index >= 15 is 0 Å². The van der Waals surface area contributed by atoms with Crippen molar-refractivity contribution >= 4 is 23.5 Å². The quantitative estimate of drug-likeness (QED) is 0.759. The van der Waals surface area contributed by atoms with E-state index < -0.39 is 5.54 Å². The fourth-order valence-corrected chi connectivity index (χ4v) is 4.86. The van der Waals surface area contributed by atoms with Crippen LogP contribution in [-0.4, -0.2) is 33.5 Å². The summed E-state index contributed by atoms with van der Waals surface area (Å²) in [5.41, 5.74) is -0.429. The highest BCUT2D eigenvalue weighted by Crippen LogP contribution is 2.46. The molecule has 2 N–H and O–H groups in total. The lowest BCUT2D eigenvalue weighted by atomic mass is 9.61. The number of urea groups is 1. The van der Waals surface area contributed by atoms with Crippen LogP contribution in [0.1, 0.15) is 59.4 Å². The Balaban J connectivity index is 1.96. The molecule has 0 aliphatic carbocycles. The minimum atomic E-state index is -0.871. The van der Waals surface area contributed by atoms with E-state index in [-0.39, 0.29) is 35.5 Å². The van der Waals surface area contributed by atoms with E-state index in [1.54, 1.807) is 12.1 Å². The molecule has 3 amide bonds. The van der Waals surface area contributed by atoms with Gasteiger partial charge in [-0.1, -0.05) is 44.5 Å². The molecule has 0 aromatic heterocycles. The molecular weight excluding hydrogens is 362 g/mol. The summed E-state index contributed by atoms with van der Waals surface area (Å²) in [6.07, 6.45) is 2.36. The van der Waals surface area contributed by atoms with E-state index in [1.807, 2.05) is 12.1 Å². The first-order valence-corrected chi connectivity index (χ1v) is 10.1.